The van der Waals surface area contributed by atoms with Crippen LogP contribution in [-0.4, -0.2) is 0 Å². The van der Waals surface area contributed by atoms with Gasteiger partial charge in [-0.3, -0.25) is 0 Å². The number of nitrogens with zero attached hydrogens (tertiary/aromatic N) is 1. The van der Waals surface area contributed by atoms with Crippen molar-refractivity contribution in [2.24, 2.45) is 17.8 Å². The van der Waals surface area contributed by atoms with E-state index in [9.17, 15) is 0 Å². The summed E-state index contributed by atoms with van der Waals surface area (Å²) in [5.74, 6) is 2.35. The number of fused-ring (bicyclic) bond motifs is 9. The Labute approximate surface area is 303 Å². The standard InChI is InChI=1S/C50H47N/c1-2-33-28-36-14-11-15-37(29-33)50(36)46-19-8-6-17-42(46)44-31-39(23-25-47(44)50)51(38-21-20-34-12-3-4-13-35(34)30-38)40-22-24-43-41-16-5-7-18-45(41)49(48(43)32-40)26-9-10-27-49/h3-8,12-13,16-25,30-33,36-37H,2,9-11,14-15,26-29H2,1H3. The zero-order chi connectivity index (χ0) is 33.7. The molecule has 0 aliphatic heterocycles. The van der Waals surface area contributed by atoms with Crippen molar-refractivity contribution in [1.82, 2.24) is 0 Å². The second kappa shape index (κ2) is 11.2. The van der Waals surface area contributed by atoms with Crippen LogP contribution >= 0.6 is 0 Å². The number of benzene rings is 6. The van der Waals surface area contributed by atoms with Gasteiger partial charge < -0.3 is 4.90 Å². The van der Waals surface area contributed by atoms with E-state index in [0.717, 1.165) is 17.8 Å². The molecule has 2 atom stereocenters. The highest BCUT2D eigenvalue weighted by Gasteiger charge is 2.57. The Balaban J connectivity index is 1.12. The minimum Gasteiger partial charge on any atom is -0.310 e. The first-order valence-corrected chi connectivity index (χ1v) is 20.0. The van der Waals surface area contributed by atoms with Crippen molar-refractivity contribution in [3.8, 4) is 22.3 Å². The SMILES string of the molecule is CCC1CC2CCCC(C1)C21c2ccccc2-c2cc(N(c3ccc4c(c3)C3(CCCC3)c3ccccc3-4)c3ccc4ccccc4c3)ccc21. The largest absolute Gasteiger partial charge is 0.310 e. The fourth-order valence-electron chi connectivity index (χ4n) is 12.5. The average Bonchev–Trinajstić information content (AvgIpc) is 3.85. The van der Waals surface area contributed by atoms with Gasteiger partial charge in [0, 0.05) is 27.9 Å². The topological polar surface area (TPSA) is 3.24 Å². The van der Waals surface area contributed by atoms with Gasteiger partial charge in [-0.1, -0.05) is 124 Å². The molecule has 2 unspecified atom stereocenters. The van der Waals surface area contributed by atoms with Crippen molar-refractivity contribution in [1.29, 1.82) is 0 Å². The van der Waals surface area contributed by atoms with Crippen LogP contribution in [0.4, 0.5) is 17.1 Å². The van der Waals surface area contributed by atoms with Crippen LogP contribution in [0.3, 0.4) is 0 Å². The van der Waals surface area contributed by atoms with E-state index >= 15 is 0 Å². The van der Waals surface area contributed by atoms with Gasteiger partial charge >= 0.3 is 0 Å². The average molecular weight is 662 g/mol. The van der Waals surface area contributed by atoms with Gasteiger partial charge in [0.1, 0.15) is 0 Å². The van der Waals surface area contributed by atoms with E-state index in [4.69, 9.17) is 0 Å². The van der Waals surface area contributed by atoms with Gasteiger partial charge in [0.25, 0.3) is 0 Å². The Kier molecular flexibility index (Phi) is 6.59. The third-order valence-electron chi connectivity index (χ3n) is 14.5. The minimum absolute atomic E-state index is 0.134. The van der Waals surface area contributed by atoms with Crippen molar-refractivity contribution in [3.05, 3.63) is 150 Å². The Bertz CT molecular complexity index is 2320. The molecule has 6 aromatic carbocycles. The Hall–Kier alpha value is -4.62. The zero-order valence-electron chi connectivity index (χ0n) is 29.9. The molecule has 0 aromatic heterocycles. The predicted octanol–water partition coefficient (Wildman–Crippen LogP) is 13.7. The normalized spacial score (nSPS) is 24.8. The number of anilines is 3. The van der Waals surface area contributed by atoms with E-state index in [1.54, 1.807) is 16.7 Å². The van der Waals surface area contributed by atoms with Crippen LogP contribution in [0.1, 0.15) is 93.4 Å². The van der Waals surface area contributed by atoms with Crippen LogP contribution in [0.25, 0.3) is 33.0 Å². The third-order valence-corrected chi connectivity index (χ3v) is 14.5. The second-order valence-electron chi connectivity index (χ2n) is 16.6. The molecule has 5 aliphatic rings. The molecule has 3 fully saturated rings. The molecule has 0 amide bonds. The lowest BCUT2D eigenvalue weighted by Gasteiger charge is -2.55. The van der Waals surface area contributed by atoms with Crippen LogP contribution < -0.4 is 4.90 Å². The molecular weight excluding hydrogens is 615 g/mol. The highest BCUT2D eigenvalue weighted by atomic mass is 15.1. The zero-order valence-corrected chi connectivity index (χ0v) is 29.9. The van der Waals surface area contributed by atoms with Crippen molar-refractivity contribution in [2.45, 2.75) is 82.0 Å². The highest BCUT2D eigenvalue weighted by molar-refractivity contribution is 5.93. The second-order valence-corrected chi connectivity index (χ2v) is 16.6. The summed E-state index contributed by atoms with van der Waals surface area (Å²) in [6.07, 6.45) is 13.3. The summed E-state index contributed by atoms with van der Waals surface area (Å²) in [5, 5.41) is 2.57. The molecule has 0 N–H and O–H groups in total. The molecule has 2 bridgehead atoms. The van der Waals surface area contributed by atoms with Crippen molar-refractivity contribution in [3.63, 3.8) is 0 Å². The van der Waals surface area contributed by atoms with Gasteiger partial charge in [0.2, 0.25) is 0 Å². The van der Waals surface area contributed by atoms with Crippen molar-refractivity contribution < 1.29 is 0 Å². The van der Waals surface area contributed by atoms with E-state index in [1.807, 2.05) is 0 Å². The number of hydrogen-bond donors (Lipinski definition) is 0. The summed E-state index contributed by atoms with van der Waals surface area (Å²) in [6, 6.07) is 49.7. The molecule has 51 heavy (non-hydrogen) atoms. The van der Waals surface area contributed by atoms with Gasteiger partial charge in [-0.05, 0) is 148 Å². The van der Waals surface area contributed by atoms with E-state index in [0.29, 0.717) is 0 Å². The third kappa shape index (κ3) is 4.10. The van der Waals surface area contributed by atoms with Gasteiger partial charge in [-0.15, -0.1) is 0 Å². The number of hydrogen-bond acceptors (Lipinski definition) is 1. The fraction of sp³-hybridized carbons (Fsp3) is 0.320. The van der Waals surface area contributed by atoms with Gasteiger partial charge in [0.15, 0.2) is 0 Å². The monoisotopic (exact) mass is 661 g/mol. The smallest absolute Gasteiger partial charge is 0.0468 e. The first-order chi connectivity index (χ1) is 25.2. The van der Waals surface area contributed by atoms with Crippen LogP contribution in [0.5, 0.6) is 0 Å². The Morgan fingerprint density at radius 3 is 1.88 bits per heavy atom. The maximum absolute atomic E-state index is 2.58. The van der Waals surface area contributed by atoms with E-state index in [2.05, 4.69) is 139 Å². The summed E-state index contributed by atoms with van der Waals surface area (Å²) in [7, 11) is 0. The molecule has 1 heteroatoms. The molecule has 11 rings (SSSR count). The van der Waals surface area contributed by atoms with Gasteiger partial charge in [-0.2, -0.15) is 0 Å². The van der Waals surface area contributed by atoms with Crippen molar-refractivity contribution in [2.75, 3.05) is 4.90 Å². The first-order valence-electron chi connectivity index (χ1n) is 20.0. The Morgan fingerprint density at radius 2 is 1.10 bits per heavy atom. The van der Waals surface area contributed by atoms with Crippen LogP contribution in [0, 0.1) is 17.8 Å². The molecule has 2 spiro atoms. The molecule has 3 saturated carbocycles. The quantitative estimate of drug-likeness (QED) is 0.182. The first kappa shape index (κ1) is 30.0. The van der Waals surface area contributed by atoms with Gasteiger partial charge in [-0.25, -0.2) is 0 Å². The summed E-state index contributed by atoms with van der Waals surface area (Å²) < 4.78 is 0. The lowest BCUT2D eigenvalue weighted by atomic mass is 9.49. The number of rotatable bonds is 4. The summed E-state index contributed by atoms with van der Waals surface area (Å²) >= 11 is 0. The van der Waals surface area contributed by atoms with Crippen LogP contribution in [0.2, 0.25) is 0 Å². The van der Waals surface area contributed by atoms with Crippen LogP contribution in [0.15, 0.2) is 127 Å². The van der Waals surface area contributed by atoms with Gasteiger partial charge in [0.05, 0.1) is 0 Å². The summed E-state index contributed by atoms with van der Waals surface area (Å²) in [4.78, 5) is 2.57. The molecule has 252 valence electrons. The molecule has 1 nitrogen and oxygen atoms in total. The molecular formula is C50H47N. The predicted molar refractivity (Wildman–Crippen MR) is 213 cm³/mol. The molecule has 5 aliphatic carbocycles. The molecule has 6 aromatic rings. The summed E-state index contributed by atoms with van der Waals surface area (Å²) in [6.45, 7) is 2.43. The lowest BCUT2D eigenvalue weighted by Crippen LogP contribution is -2.49. The maximum atomic E-state index is 2.58. The van der Waals surface area contributed by atoms with E-state index in [1.165, 1.54) is 120 Å². The highest BCUT2D eigenvalue weighted by Crippen LogP contribution is 2.66. The Morgan fingerprint density at radius 1 is 0.510 bits per heavy atom. The van der Waals surface area contributed by atoms with Crippen molar-refractivity contribution >= 4 is 27.8 Å². The van der Waals surface area contributed by atoms with E-state index < -0.39 is 0 Å². The maximum Gasteiger partial charge on any atom is 0.0468 e. The summed E-state index contributed by atoms with van der Waals surface area (Å²) in [5.41, 5.74) is 16.2. The fourth-order valence-corrected chi connectivity index (χ4v) is 12.5. The molecule has 0 heterocycles. The molecule has 0 radical (unpaired) electrons. The van der Waals surface area contributed by atoms with Crippen LogP contribution in [-0.2, 0) is 10.8 Å². The van der Waals surface area contributed by atoms with E-state index in [-0.39, 0.29) is 10.8 Å². The minimum atomic E-state index is 0.134. The lowest BCUT2D eigenvalue weighted by molar-refractivity contribution is 0.0492. The molecule has 0 saturated heterocycles.